The van der Waals surface area contributed by atoms with Crippen LogP contribution in [-0.4, -0.2) is 59.5 Å². The van der Waals surface area contributed by atoms with Crippen molar-refractivity contribution in [2.75, 3.05) is 32.1 Å². The predicted molar refractivity (Wildman–Crippen MR) is 171 cm³/mol. The Balaban J connectivity index is 1.19. The van der Waals surface area contributed by atoms with Crippen LogP contribution in [0.5, 0.6) is 11.5 Å². The number of likely N-dealkylation sites (tertiary alicyclic amines) is 1. The van der Waals surface area contributed by atoms with Crippen molar-refractivity contribution < 1.29 is 28.7 Å². The third kappa shape index (κ3) is 7.31. The molecular formula is C34H35N3O6S. The molecule has 10 heteroatoms. The Morgan fingerprint density at radius 3 is 2.36 bits per heavy atom. The zero-order chi connectivity index (χ0) is 31.2. The summed E-state index contributed by atoms with van der Waals surface area (Å²) in [5, 5.41) is 2.24. The zero-order valence-electron chi connectivity index (χ0n) is 25.1. The molecule has 0 bridgehead atoms. The van der Waals surface area contributed by atoms with Crippen molar-refractivity contribution in [3.8, 4) is 11.5 Å². The van der Waals surface area contributed by atoms with Crippen LogP contribution < -0.4 is 14.8 Å². The number of hydrogen-bond donors (Lipinski definition) is 1. The van der Waals surface area contributed by atoms with Gasteiger partial charge in [-0.15, -0.1) is 0 Å². The fourth-order valence-corrected chi connectivity index (χ4v) is 5.87. The molecule has 0 atom stereocenters. The average molecular weight is 614 g/mol. The smallest absolute Gasteiger partial charge is 0.294 e. The summed E-state index contributed by atoms with van der Waals surface area (Å²) in [6.45, 7) is 5.44. The number of aryl methyl sites for hydroxylation is 2. The first-order chi connectivity index (χ1) is 21.2. The highest BCUT2D eigenvalue weighted by Crippen LogP contribution is 2.35. The molecule has 0 spiro atoms. The van der Waals surface area contributed by atoms with Crippen LogP contribution >= 0.6 is 11.8 Å². The van der Waals surface area contributed by atoms with E-state index < -0.39 is 17.1 Å². The second kappa shape index (κ2) is 13.8. The topological polar surface area (TPSA) is 105 Å². The van der Waals surface area contributed by atoms with Crippen molar-refractivity contribution >= 4 is 46.5 Å². The fraction of sp³-hybridized carbons (Fsp3) is 0.294. The van der Waals surface area contributed by atoms with E-state index >= 15 is 0 Å². The molecule has 5 rings (SSSR count). The molecule has 0 saturated carbocycles. The molecule has 1 N–H and O–H groups in total. The van der Waals surface area contributed by atoms with Crippen molar-refractivity contribution in [2.24, 2.45) is 0 Å². The van der Waals surface area contributed by atoms with Gasteiger partial charge in [0.1, 0.15) is 13.2 Å². The second-order valence-electron chi connectivity index (χ2n) is 10.9. The van der Waals surface area contributed by atoms with Gasteiger partial charge < -0.3 is 19.7 Å². The number of methoxy groups -OCH3 is 1. The fourth-order valence-electron chi connectivity index (χ4n) is 5.03. The lowest BCUT2D eigenvalue weighted by atomic mass is 10.1. The van der Waals surface area contributed by atoms with Crippen LogP contribution in [0.4, 0.5) is 10.5 Å². The van der Waals surface area contributed by atoms with E-state index in [1.165, 1.54) is 13.5 Å². The van der Waals surface area contributed by atoms with E-state index in [2.05, 4.69) is 5.32 Å². The van der Waals surface area contributed by atoms with Crippen molar-refractivity contribution in [1.82, 2.24) is 9.80 Å². The highest BCUT2D eigenvalue weighted by Gasteiger charge is 2.36. The van der Waals surface area contributed by atoms with E-state index in [1.807, 2.05) is 55.1 Å². The van der Waals surface area contributed by atoms with Gasteiger partial charge in [0.05, 0.1) is 12.0 Å². The van der Waals surface area contributed by atoms with Crippen molar-refractivity contribution in [3.63, 3.8) is 0 Å². The van der Waals surface area contributed by atoms with Gasteiger partial charge in [-0.3, -0.25) is 24.1 Å². The Kier molecular flexibility index (Phi) is 9.69. The van der Waals surface area contributed by atoms with Crippen LogP contribution in [0.1, 0.15) is 51.9 Å². The van der Waals surface area contributed by atoms with E-state index in [0.717, 1.165) is 59.3 Å². The number of carbonyl (C=O) groups is 4. The number of nitrogens with zero attached hydrogens (tertiary/aromatic N) is 2. The molecule has 0 aromatic heterocycles. The van der Waals surface area contributed by atoms with Crippen LogP contribution in [0.3, 0.4) is 0 Å². The molecular weight excluding hydrogens is 578 g/mol. The summed E-state index contributed by atoms with van der Waals surface area (Å²) in [7, 11) is 1.52. The highest BCUT2D eigenvalue weighted by molar-refractivity contribution is 8.18. The monoisotopic (exact) mass is 613 g/mol. The Labute approximate surface area is 261 Å². The molecule has 228 valence electrons. The molecule has 0 aliphatic carbocycles. The van der Waals surface area contributed by atoms with Gasteiger partial charge in [-0.05, 0) is 110 Å². The molecule has 2 heterocycles. The maximum atomic E-state index is 13.0. The van der Waals surface area contributed by atoms with E-state index in [9.17, 15) is 19.2 Å². The largest absolute Gasteiger partial charge is 0.493 e. The van der Waals surface area contributed by atoms with Gasteiger partial charge in [0, 0.05) is 24.3 Å². The molecule has 0 radical (unpaired) electrons. The minimum absolute atomic E-state index is 0.0628. The van der Waals surface area contributed by atoms with Crippen LogP contribution in [0.25, 0.3) is 6.08 Å². The van der Waals surface area contributed by atoms with Crippen LogP contribution in [0.2, 0.25) is 0 Å². The lowest BCUT2D eigenvalue weighted by molar-refractivity contribution is -0.127. The summed E-state index contributed by atoms with van der Waals surface area (Å²) in [5.74, 6) is 0.0460. The molecule has 2 saturated heterocycles. The number of benzene rings is 3. The predicted octanol–water partition coefficient (Wildman–Crippen LogP) is 6.19. The minimum Gasteiger partial charge on any atom is -0.493 e. The number of ether oxygens (including phenoxy) is 2. The Morgan fingerprint density at radius 2 is 1.66 bits per heavy atom. The quantitative estimate of drug-likeness (QED) is 0.287. The Bertz CT molecular complexity index is 1610. The number of piperidine rings is 1. The SMILES string of the molecule is COc1cc(/C=C2\SC(=O)N(CC(=O)Nc3ccc(C)c(C)c3)C2=O)ccc1OCc1ccc(C(=O)N2CCCCC2)cc1. The van der Waals surface area contributed by atoms with E-state index in [0.29, 0.717) is 28.3 Å². The first kappa shape index (κ1) is 30.9. The molecule has 9 nitrogen and oxygen atoms in total. The number of thioether (sulfide) groups is 1. The summed E-state index contributed by atoms with van der Waals surface area (Å²) < 4.78 is 11.5. The second-order valence-corrected chi connectivity index (χ2v) is 11.9. The van der Waals surface area contributed by atoms with Crippen LogP contribution in [0.15, 0.2) is 65.6 Å². The molecule has 2 fully saturated rings. The summed E-state index contributed by atoms with van der Waals surface area (Å²) in [5.41, 5.74) is 4.95. The normalized spacial score (nSPS) is 15.9. The highest BCUT2D eigenvalue weighted by atomic mass is 32.2. The van der Waals surface area contributed by atoms with Gasteiger partial charge in [0.25, 0.3) is 17.1 Å². The lowest BCUT2D eigenvalue weighted by Crippen LogP contribution is -2.36. The van der Waals surface area contributed by atoms with Crippen LogP contribution in [0, 0.1) is 13.8 Å². The molecule has 0 unspecified atom stereocenters. The van der Waals surface area contributed by atoms with E-state index in [-0.39, 0.29) is 24.0 Å². The van der Waals surface area contributed by atoms with Gasteiger partial charge in [0.2, 0.25) is 5.91 Å². The van der Waals surface area contributed by atoms with Crippen molar-refractivity contribution in [1.29, 1.82) is 0 Å². The van der Waals surface area contributed by atoms with Gasteiger partial charge in [-0.2, -0.15) is 0 Å². The van der Waals surface area contributed by atoms with Gasteiger partial charge in [-0.25, -0.2) is 0 Å². The van der Waals surface area contributed by atoms with Crippen molar-refractivity contribution in [2.45, 2.75) is 39.7 Å². The zero-order valence-corrected chi connectivity index (χ0v) is 25.9. The first-order valence-corrected chi connectivity index (χ1v) is 15.3. The number of rotatable bonds is 9. The summed E-state index contributed by atoms with van der Waals surface area (Å²) in [4.78, 5) is 54.0. The number of carbonyl (C=O) groups excluding carboxylic acids is 4. The molecule has 4 amide bonds. The number of anilines is 1. The molecule has 2 aliphatic rings. The maximum Gasteiger partial charge on any atom is 0.294 e. The molecule has 2 aliphatic heterocycles. The maximum absolute atomic E-state index is 13.0. The number of hydrogen-bond acceptors (Lipinski definition) is 7. The van der Waals surface area contributed by atoms with E-state index in [4.69, 9.17) is 9.47 Å². The summed E-state index contributed by atoms with van der Waals surface area (Å²) in [6.07, 6.45) is 4.87. The Hall–Kier alpha value is -4.57. The van der Waals surface area contributed by atoms with Crippen LogP contribution in [-0.2, 0) is 16.2 Å². The molecule has 3 aromatic carbocycles. The Morgan fingerprint density at radius 1 is 0.909 bits per heavy atom. The average Bonchev–Trinajstić information content (AvgIpc) is 3.29. The third-order valence-electron chi connectivity index (χ3n) is 7.69. The molecule has 3 aromatic rings. The number of imide groups is 1. The third-order valence-corrected chi connectivity index (χ3v) is 8.60. The number of nitrogens with one attached hydrogen (secondary N) is 1. The van der Waals surface area contributed by atoms with Gasteiger partial charge in [-0.1, -0.05) is 24.3 Å². The van der Waals surface area contributed by atoms with Gasteiger partial charge in [0.15, 0.2) is 11.5 Å². The minimum atomic E-state index is -0.531. The number of amides is 4. The molecule has 44 heavy (non-hydrogen) atoms. The first-order valence-electron chi connectivity index (χ1n) is 14.5. The standard InChI is InChI=1S/C34H35N3O6S/c1-22-7-13-27(17-23(22)2)35-31(38)20-37-33(40)30(44-34(37)41)19-25-10-14-28(29(18-25)42-3)43-21-24-8-11-26(12-9-24)32(39)36-15-5-4-6-16-36/h7-14,17-19H,4-6,15-16,20-21H2,1-3H3,(H,35,38)/b30-19-. The lowest BCUT2D eigenvalue weighted by Gasteiger charge is -2.26. The van der Waals surface area contributed by atoms with Crippen molar-refractivity contribution in [3.05, 3.63) is 93.4 Å². The summed E-state index contributed by atoms with van der Waals surface area (Å²) >= 11 is 0.786. The van der Waals surface area contributed by atoms with E-state index in [1.54, 1.807) is 30.3 Å². The van der Waals surface area contributed by atoms with Gasteiger partial charge >= 0.3 is 0 Å². The summed E-state index contributed by atoms with van der Waals surface area (Å²) in [6, 6.07) is 18.2.